The van der Waals surface area contributed by atoms with Gasteiger partial charge in [0.1, 0.15) is 18.3 Å². The van der Waals surface area contributed by atoms with E-state index in [1.54, 1.807) is 0 Å². The highest BCUT2D eigenvalue weighted by Crippen LogP contribution is 2.32. The zero-order chi connectivity index (χ0) is 11.1. The second kappa shape index (κ2) is 3.75. The third-order valence-corrected chi connectivity index (χ3v) is 2.44. The van der Waals surface area contributed by atoms with E-state index in [0.29, 0.717) is 0 Å². The Kier molecular flexibility index (Phi) is 3.18. The molecular weight excluding hydrogens is 188 g/mol. The predicted molar refractivity (Wildman–Crippen MR) is 48.4 cm³/mol. The number of hydrogen-bond donors (Lipinski definition) is 4. The number of hydrogen-bond acceptors (Lipinski definition) is 5. The molecule has 3 unspecified atom stereocenters. The standard InChI is InChI=1S/C9H18O5/c1-9(2,3)7-5(11)4(10)6(12)8(13)14-7/h4-8,10-13H,1-3H3/t4?,5?,6-,7+,8?/m0/s1. The van der Waals surface area contributed by atoms with Crippen LogP contribution in [0.5, 0.6) is 0 Å². The van der Waals surface area contributed by atoms with Crippen molar-refractivity contribution in [3.8, 4) is 0 Å². The quantitative estimate of drug-likeness (QED) is 0.401. The summed E-state index contributed by atoms with van der Waals surface area (Å²) in [6.07, 6.45) is -6.16. The average Bonchev–Trinajstić information content (AvgIpc) is 2.06. The Hall–Kier alpha value is -0.200. The first kappa shape index (κ1) is 11.9. The summed E-state index contributed by atoms with van der Waals surface area (Å²) in [7, 11) is 0. The van der Waals surface area contributed by atoms with E-state index < -0.39 is 36.1 Å². The average molecular weight is 206 g/mol. The molecule has 0 saturated carbocycles. The van der Waals surface area contributed by atoms with Crippen molar-refractivity contribution >= 4 is 0 Å². The number of rotatable bonds is 0. The highest BCUT2D eigenvalue weighted by molar-refractivity contribution is 4.93. The normalized spacial score (nSPS) is 45.2. The number of aliphatic hydroxyl groups is 4. The first-order chi connectivity index (χ1) is 6.25. The summed E-state index contributed by atoms with van der Waals surface area (Å²) in [6, 6.07) is 0. The van der Waals surface area contributed by atoms with E-state index in [-0.39, 0.29) is 0 Å². The molecule has 0 radical (unpaired) electrons. The third kappa shape index (κ3) is 2.07. The van der Waals surface area contributed by atoms with Crippen molar-refractivity contribution in [2.45, 2.75) is 51.5 Å². The molecule has 0 aromatic carbocycles. The van der Waals surface area contributed by atoms with Gasteiger partial charge in [-0.15, -0.1) is 0 Å². The lowest BCUT2D eigenvalue weighted by atomic mass is 9.81. The van der Waals surface area contributed by atoms with Crippen LogP contribution in [-0.4, -0.2) is 51.1 Å². The van der Waals surface area contributed by atoms with Crippen LogP contribution in [0, 0.1) is 5.41 Å². The van der Waals surface area contributed by atoms with Crippen LogP contribution < -0.4 is 0 Å². The lowest BCUT2D eigenvalue weighted by Gasteiger charge is -2.43. The first-order valence-corrected chi connectivity index (χ1v) is 4.63. The molecule has 0 aromatic rings. The van der Waals surface area contributed by atoms with Crippen molar-refractivity contribution in [2.75, 3.05) is 0 Å². The van der Waals surface area contributed by atoms with E-state index in [0.717, 1.165) is 0 Å². The number of aliphatic hydroxyl groups excluding tert-OH is 4. The van der Waals surface area contributed by atoms with E-state index in [9.17, 15) is 20.4 Å². The van der Waals surface area contributed by atoms with Crippen LogP contribution >= 0.6 is 0 Å². The molecule has 0 spiro atoms. The summed E-state index contributed by atoms with van der Waals surface area (Å²) in [4.78, 5) is 0. The van der Waals surface area contributed by atoms with Gasteiger partial charge in [0.25, 0.3) is 0 Å². The highest BCUT2D eigenvalue weighted by atomic mass is 16.6. The Morgan fingerprint density at radius 2 is 1.36 bits per heavy atom. The van der Waals surface area contributed by atoms with Crippen molar-refractivity contribution in [1.82, 2.24) is 0 Å². The molecule has 1 rings (SSSR count). The molecule has 14 heavy (non-hydrogen) atoms. The zero-order valence-electron chi connectivity index (χ0n) is 8.58. The Labute approximate surface area is 82.9 Å². The molecule has 0 bridgehead atoms. The Bertz CT molecular complexity index is 200. The van der Waals surface area contributed by atoms with Crippen LogP contribution in [0.1, 0.15) is 20.8 Å². The summed E-state index contributed by atoms with van der Waals surface area (Å²) in [6.45, 7) is 5.45. The maximum Gasteiger partial charge on any atom is 0.183 e. The van der Waals surface area contributed by atoms with Gasteiger partial charge in [-0.3, -0.25) is 0 Å². The SMILES string of the molecule is CC(C)(C)[C@@H]1OC(O)[C@@H](O)C(O)C1O. The molecule has 1 saturated heterocycles. The molecule has 0 aromatic heterocycles. The smallest absolute Gasteiger partial charge is 0.183 e. The zero-order valence-corrected chi connectivity index (χ0v) is 8.58. The van der Waals surface area contributed by atoms with Crippen LogP contribution in [0.3, 0.4) is 0 Å². The maximum atomic E-state index is 9.62. The van der Waals surface area contributed by atoms with Gasteiger partial charge in [-0.25, -0.2) is 0 Å². The topological polar surface area (TPSA) is 90.2 Å². The summed E-state index contributed by atoms with van der Waals surface area (Å²) < 4.78 is 5.04. The van der Waals surface area contributed by atoms with Gasteiger partial charge < -0.3 is 25.2 Å². The summed E-state index contributed by atoms with van der Waals surface area (Å²) in [5, 5.41) is 37.5. The molecular formula is C9H18O5. The third-order valence-electron chi connectivity index (χ3n) is 2.44. The van der Waals surface area contributed by atoms with Crippen molar-refractivity contribution in [3.05, 3.63) is 0 Å². The van der Waals surface area contributed by atoms with Gasteiger partial charge in [-0.1, -0.05) is 20.8 Å². The molecule has 1 aliphatic heterocycles. The van der Waals surface area contributed by atoms with Crippen LogP contribution in [0.2, 0.25) is 0 Å². The molecule has 84 valence electrons. The Balaban J connectivity index is 2.81. The molecule has 1 aliphatic rings. The van der Waals surface area contributed by atoms with Crippen LogP contribution in [-0.2, 0) is 4.74 Å². The van der Waals surface area contributed by atoms with Crippen molar-refractivity contribution in [3.63, 3.8) is 0 Å². The largest absolute Gasteiger partial charge is 0.388 e. The fourth-order valence-corrected chi connectivity index (χ4v) is 1.58. The van der Waals surface area contributed by atoms with Crippen molar-refractivity contribution in [2.24, 2.45) is 5.41 Å². The van der Waals surface area contributed by atoms with E-state index in [2.05, 4.69) is 0 Å². The molecule has 4 N–H and O–H groups in total. The van der Waals surface area contributed by atoms with Crippen LogP contribution in [0.25, 0.3) is 0 Å². The van der Waals surface area contributed by atoms with Crippen molar-refractivity contribution < 1.29 is 25.2 Å². The monoisotopic (exact) mass is 206 g/mol. The molecule has 1 heterocycles. The summed E-state index contributed by atoms with van der Waals surface area (Å²) >= 11 is 0. The summed E-state index contributed by atoms with van der Waals surface area (Å²) in [5.41, 5.74) is -0.415. The van der Waals surface area contributed by atoms with Gasteiger partial charge in [-0.05, 0) is 5.41 Å². The molecule has 5 nitrogen and oxygen atoms in total. The lowest BCUT2D eigenvalue weighted by Crippen LogP contribution is -2.60. The summed E-state index contributed by atoms with van der Waals surface area (Å²) in [5.74, 6) is 0. The maximum absolute atomic E-state index is 9.62. The van der Waals surface area contributed by atoms with Gasteiger partial charge in [0, 0.05) is 0 Å². The van der Waals surface area contributed by atoms with Gasteiger partial charge in [0.05, 0.1) is 6.10 Å². The second-order valence-electron chi connectivity index (χ2n) is 4.79. The van der Waals surface area contributed by atoms with Gasteiger partial charge >= 0.3 is 0 Å². The predicted octanol–water partition coefficient (Wildman–Crippen LogP) is -1.17. The lowest BCUT2D eigenvalue weighted by molar-refractivity contribution is -0.299. The number of ether oxygens (including phenoxy) is 1. The van der Waals surface area contributed by atoms with Crippen LogP contribution in [0.15, 0.2) is 0 Å². The second-order valence-corrected chi connectivity index (χ2v) is 4.79. The first-order valence-electron chi connectivity index (χ1n) is 4.63. The molecule has 0 aliphatic carbocycles. The minimum atomic E-state index is -1.46. The highest BCUT2D eigenvalue weighted by Gasteiger charge is 2.47. The van der Waals surface area contributed by atoms with E-state index in [4.69, 9.17) is 4.74 Å². The molecule has 5 atom stereocenters. The minimum absolute atomic E-state index is 0.415. The van der Waals surface area contributed by atoms with Gasteiger partial charge in [0.15, 0.2) is 6.29 Å². The minimum Gasteiger partial charge on any atom is -0.388 e. The fourth-order valence-electron chi connectivity index (χ4n) is 1.58. The van der Waals surface area contributed by atoms with E-state index in [1.165, 1.54) is 0 Å². The van der Waals surface area contributed by atoms with Gasteiger partial charge in [-0.2, -0.15) is 0 Å². The molecule has 1 fully saturated rings. The fraction of sp³-hybridized carbons (Fsp3) is 1.00. The van der Waals surface area contributed by atoms with Crippen LogP contribution in [0.4, 0.5) is 0 Å². The van der Waals surface area contributed by atoms with Crippen molar-refractivity contribution in [1.29, 1.82) is 0 Å². The van der Waals surface area contributed by atoms with E-state index in [1.807, 2.05) is 20.8 Å². The molecule has 0 amide bonds. The van der Waals surface area contributed by atoms with E-state index >= 15 is 0 Å². The molecule has 5 heteroatoms. The Morgan fingerprint density at radius 3 is 1.79 bits per heavy atom. The Morgan fingerprint density at radius 1 is 0.857 bits per heavy atom. The van der Waals surface area contributed by atoms with Gasteiger partial charge in [0.2, 0.25) is 0 Å².